The summed E-state index contributed by atoms with van der Waals surface area (Å²) in [4.78, 5) is 0. The molecule has 0 bridgehead atoms. The van der Waals surface area contributed by atoms with Crippen molar-refractivity contribution >= 4 is 11.1 Å². The van der Waals surface area contributed by atoms with Crippen molar-refractivity contribution < 1.29 is 0 Å². The van der Waals surface area contributed by atoms with E-state index < -0.39 is 11.3 Å². The SMILES string of the molecule is N#CC(=C(C#N)C1C=CC=CC1=C(c1ccccc1)C(C#N)(C#N)c1ccccc1)c1ccccc1. The van der Waals surface area contributed by atoms with E-state index in [1.165, 1.54) is 0 Å². The molecule has 1 unspecified atom stereocenters. The smallest absolute Gasteiger partial charge is 0.194 e. The third kappa shape index (κ3) is 4.24. The first kappa shape index (κ1) is 23.7. The van der Waals surface area contributed by atoms with Gasteiger partial charge in [0.05, 0.1) is 29.4 Å². The fourth-order valence-electron chi connectivity index (χ4n) is 4.50. The van der Waals surface area contributed by atoms with Crippen molar-refractivity contribution in [3.05, 3.63) is 143 Å². The Bertz CT molecular complexity index is 1530. The van der Waals surface area contributed by atoms with E-state index in [9.17, 15) is 21.0 Å². The van der Waals surface area contributed by atoms with Crippen molar-refractivity contribution in [1.29, 1.82) is 21.0 Å². The van der Waals surface area contributed by atoms with Gasteiger partial charge in [-0.05, 0) is 22.3 Å². The van der Waals surface area contributed by atoms with E-state index in [1.54, 1.807) is 36.4 Å². The zero-order chi connectivity index (χ0) is 25.4. The summed E-state index contributed by atoms with van der Waals surface area (Å²) in [5.74, 6) is -0.630. The van der Waals surface area contributed by atoms with Gasteiger partial charge in [-0.15, -0.1) is 0 Å². The van der Waals surface area contributed by atoms with Crippen LogP contribution < -0.4 is 0 Å². The summed E-state index contributed by atoms with van der Waals surface area (Å²) in [5, 5.41) is 41.4. The number of hydrogen-bond donors (Lipinski definition) is 0. The maximum absolute atomic E-state index is 10.5. The molecular weight excluding hydrogens is 440 g/mol. The third-order valence-electron chi connectivity index (χ3n) is 6.17. The molecule has 4 rings (SSSR count). The molecule has 0 aliphatic heterocycles. The lowest BCUT2D eigenvalue weighted by Crippen LogP contribution is -2.27. The average Bonchev–Trinajstić information content (AvgIpc) is 2.96. The van der Waals surface area contributed by atoms with Crippen molar-refractivity contribution in [2.24, 2.45) is 5.92 Å². The molecule has 0 amide bonds. The van der Waals surface area contributed by atoms with Gasteiger partial charge in [-0.2, -0.15) is 21.0 Å². The van der Waals surface area contributed by atoms with Gasteiger partial charge in [0.15, 0.2) is 5.41 Å². The summed E-state index contributed by atoms with van der Waals surface area (Å²) in [6, 6.07) is 36.3. The van der Waals surface area contributed by atoms with E-state index in [0.29, 0.717) is 27.8 Å². The summed E-state index contributed by atoms with van der Waals surface area (Å²) >= 11 is 0. The summed E-state index contributed by atoms with van der Waals surface area (Å²) < 4.78 is 0. The quantitative estimate of drug-likeness (QED) is 0.397. The molecule has 0 N–H and O–H groups in total. The van der Waals surface area contributed by atoms with Crippen LogP contribution in [-0.2, 0) is 5.41 Å². The second-order valence-corrected chi connectivity index (χ2v) is 8.14. The van der Waals surface area contributed by atoms with E-state index in [4.69, 9.17) is 0 Å². The molecule has 4 nitrogen and oxygen atoms in total. The molecule has 0 heterocycles. The third-order valence-corrected chi connectivity index (χ3v) is 6.17. The topological polar surface area (TPSA) is 95.2 Å². The second-order valence-electron chi connectivity index (χ2n) is 8.14. The molecule has 0 spiro atoms. The molecule has 0 aromatic heterocycles. The Balaban J connectivity index is 2.11. The highest BCUT2D eigenvalue weighted by Crippen LogP contribution is 2.45. The van der Waals surface area contributed by atoms with Crippen LogP contribution in [-0.4, -0.2) is 0 Å². The summed E-state index contributed by atoms with van der Waals surface area (Å²) in [6.07, 6.45) is 7.30. The van der Waals surface area contributed by atoms with Crippen molar-refractivity contribution in [3.8, 4) is 24.3 Å². The molecule has 1 atom stereocenters. The van der Waals surface area contributed by atoms with Gasteiger partial charge in [-0.3, -0.25) is 0 Å². The molecular formula is C32H20N4. The Morgan fingerprint density at radius 3 is 1.72 bits per heavy atom. The van der Waals surface area contributed by atoms with Gasteiger partial charge >= 0.3 is 0 Å². The summed E-state index contributed by atoms with van der Waals surface area (Å²) in [7, 11) is 0. The van der Waals surface area contributed by atoms with Crippen LogP contribution in [0.15, 0.2) is 126 Å². The van der Waals surface area contributed by atoms with E-state index >= 15 is 0 Å². The van der Waals surface area contributed by atoms with Crippen LogP contribution in [0.25, 0.3) is 11.1 Å². The van der Waals surface area contributed by atoms with Crippen molar-refractivity contribution in [2.45, 2.75) is 5.41 Å². The normalized spacial score (nSPS) is 16.5. The van der Waals surface area contributed by atoms with E-state index in [-0.39, 0.29) is 11.1 Å². The lowest BCUT2D eigenvalue weighted by Gasteiger charge is -2.29. The maximum Gasteiger partial charge on any atom is 0.194 e. The van der Waals surface area contributed by atoms with E-state index in [1.807, 2.05) is 78.9 Å². The number of rotatable bonds is 5. The van der Waals surface area contributed by atoms with Gasteiger partial charge in [-0.1, -0.05) is 115 Å². The van der Waals surface area contributed by atoms with Crippen LogP contribution in [0, 0.1) is 51.2 Å². The molecule has 3 aromatic carbocycles. The van der Waals surface area contributed by atoms with Crippen LogP contribution >= 0.6 is 0 Å². The van der Waals surface area contributed by atoms with E-state index in [0.717, 1.165) is 0 Å². The molecule has 168 valence electrons. The Hall–Kier alpha value is -5.42. The molecule has 0 saturated carbocycles. The zero-order valence-electron chi connectivity index (χ0n) is 19.3. The van der Waals surface area contributed by atoms with Crippen LogP contribution in [0.2, 0.25) is 0 Å². The minimum Gasteiger partial charge on any atom is -0.196 e. The number of allylic oxidation sites excluding steroid dienone is 8. The predicted molar refractivity (Wildman–Crippen MR) is 139 cm³/mol. The lowest BCUT2D eigenvalue weighted by molar-refractivity contribution is 0.870. The van der Waals surface area contributed by atoms with Gasteiger partial charge in [-0.25, -0.2) is 0 Å². The lowest BCUT2D eigenvalue weighted by atomic mass is 9.68. The van der Waals surface area contributed by atoms with Gasteiger partial charge in [0, 0.05) is 11.5 Å². The average molecular weight is 461 g/mol. The van der Waals surface area contributed by atoms with Crippen LogP contribution in [0.4, 0.5) is 0 Å². The highest BCUT2D eigenvalue weighted by Gasteiger charge is 2.41. The fraction of sp³-hybridized carbons (Fsp3) is 0.0625. The minimum atomic E-state index is -1.65. The molecule has 1 aliphatic rings. The van der Waals surface area contributed by atoms with Gasteiger partial charge in [0.1, 0.15) is 6.07 Å². The Morgan fingerprint density at radius 2 is 1.19 bits per heavy atom. The van der Waals surface area contributed by atoms with Crippen LogP contribution in [0.3, 0.4) is 0 Å². The Morgan fingerprint density at radius 1 is 0.639 bits per heavy atom. The van der Waals surface area contributed by atoms with Crippen molar-refractivity contribution in [1.82, 2.24) is 0 Å². The largest absolute Gasteiger partial charge is 0.196 e. The molecule has 0 radical (unpaired) electrons. The number of nitriles is 4. The number of benzene rings is 3. The second kappa shape index (κ2) is 10.7. The fourth-order valence-corrected chi connectivity index (χ4v) is 4.50. The predicted octanol–water partition coefficient (Wildman–Crippen LogP) is 6.67. The molecule has 36 heavy (non-hydrogen) atoms. The zero-order valence-corrected chi connectivity index (χ0v) is 19.3. The van der Waals surface area contributed by atoms with Crippen molar-refractivity contribution in [3.63, 3.8) is 0 Å². The first-order chi connectivity index (χ1) is 17.7. The molecule has 1 aliphatic carbocycles. The van der Waals surface area contributed by atoms with E-state index in [2.05, 4.69) is 24.3 Å². The summed E-state index contributed by atoms with van der Waals surface area (Å²) in [6.45, 7) is 0. The first-order valence-corrected chi connectivity index (χ1v) is 11.3. The van der Waals surface area contributed by atoms with Crippen LogP contribution in [0.1, 0.15) is 16.7 Å². The molecule has 4 heteroatoms. The Kier molecular flexibility index (Phi) is 7.03. The first-order valence-electron chi connectivity index (χ1n) is 11.3. The molecule has 0 fully saturated rings. The van der Waals surface area contributed by atoms with Crippen molar-refractivity contribution in [2.75, 3.05) is 0 Å². The monoisotopic (exact) mass is 460 g/mol. The minimum absolute atomic E-state index is 0.255. The summed E-state index contributed by atoms with van der Waals surface area (Å²) in [5.41, 5.74) is 1.84. The maximum atomic E-state index is 10.5. The number of hydrogen-bond acceptors (Lipinski definition) is 4. The number of nitrogens with zero attached hydrogens (tertiary/aromatic N) is 4. The van der Waals surface area contributed by atoms with Gasteiger partial charge < -0.3 is 0 Å². The highest BCUT2D eigenvalue weighted by atomic mass is 14.5. The standard InChI is InChI=1S/C32H20N4/c33-20-29(24-12-4-1-5-13-24)30(21-34)27-18-10-11-19-28(27)31(25-14-6-2-7-15-25)32(22-35,23-36)26-16-8-3-9-17-26/h1-19,27H. The highest BCUT2D eigenvalue weighted by molar-refractivity contribution is 5.89. The van der Waals surface area contributed by atoms with Gasteiger partial charge in [0.25, 0.3) is 0 Å². The molecule has 0 saturated heterocycles. The van der Waals surface area contributed by atoms with Crippen LogP contribution in [0.5, 0.6) is 0 Å². The Labute approximate surface area is 210 Å². The molecule has 3 aromatic rings. The van der Waals surface area contributed by atoms with Gasteiger partial charge in [0.2, 0.25) is 0 Å².